The molecule has 18 nitrogen and oxygen atoms in total. The number of hydrogen-bond acceptors (Lipinski definition) is 15. The van der Waals surface area contributed by atoms with E-state index >= 15 is 14.4 Å². The Morgan fingerprint density at radius 1 is 0.787 bits per heavy atom. The first-order chi connectivity index (χ1) is 36.3. The molecule has 3 aliphatic heterocycles. The number of esters is 3. The number of nitro benzene ring substituents is 1. The quantitative estimate of drug-likeness (QED) is 0.0267. The standard InChI is InChI=1S/C57H48N4O14/c1-72-52(65)42(53(66)73-2)20-12-13-34-23-30-44-43(31-34)57(55(68)59(44)56(69)74-33-35-21-26-40(27-22-35)61(70)71)46(51(64)58-32-45(63)36-14-6-3-7-15-36)48-54(67)75-49(38-18-10-5-11-19-38)47(37-16-8-4-9-17-37)60(48)50(57)39-24-28-41(62)29-25-39/h3-11,14-19,21-31,42,45-50,62-63H,20,32-33H2,1-2H3,(H,58,64). The van der Waals surface area contributed by atoms with Gasteiger partial charge < -0.3 is 34.5 Å². The number of anilines is 1. The number of fused-ring (bicyclic) bond motifs is 3. The second-order valence-electron chi connectivity index (χ2n) is 18.0. The fourth-order valence-electron chi connectivity index (χ4n) is 10.4. The Kier molecular flexibility index (Phi) is 14.5. The van der Waals surface area contributed by atoms with Gasteiger partial charge in [0.1, 0.15) is 29.9 Å². The van der Waals surface area contributed by atoms with Crippen LogP contribution in [0.5, 0.6) is 5.75 Å². The number of morpholine rings is 1. The van der Waals surface area contributed by atoms with Crippen LogP contribution in [0.3, 0.4) is 0 Å². The summed E-state index contributed by atoms with van der Waals surface area (Å²) in [4.78, 5) is 101. The minimum atomic E-state index is -2.30. The van der Waals surface area contributed by atoms with Crippen molar-refractivity contribution in [2.45, 2.75) is 48.8 Å². The van der Waals surface area contributed by atoms with E-state index in [9.17, 15) is 34.7 Å². The molecule has 0 aromatic heterocycles. The lowest BCUT2D eigenvalue weighted by Gasteiger charge is -2.46. The summed E-state index contributed by atoms with van der Waals surface area (Å²) in [7, 11) is 2.22. The van der Waals surface area contributed by atoms with Crippen LogP contribution >= 0.6 is 0 Å². The van der Waals surface area contributed by atoms with Crippen molar-refractivity contribution in [2.24, 2.45) is 11.8 Å². The van der Waals surface area contributed by atoms with E-state index in [1.54, 1.807) is 89.8 Å². The molecule has 6 aromatic carbocycles. The normalized spacial score (nSPS) is 21.0. The van der Waals surface area contributed by atoms with Crippen molar-refractivity contribution in [3.8, 4) is 17.6 Å². The third-order valence-electron chi connectivity index (χ3n) is 13.8. The number of carbonyl (C=O) groups is 6. The molecule has 0 radical (unpaired) electrons. The number of phenols is 1. The number of aliphatic hydroxyl groups is 1. The highest BCUT2D eigenvalue weighted by Crippen LogP contribution is 2.66. The van der Waals surface area contributed by atoms with E-state index in [1.807, 2.05) is 18.2 Å². The van der Waals surface area contributed by atoms with Crippen molar-refractivity contribution in [1.29, 1.82) is 0 Å². The molecule has 3 aliphatic rings. The maximum absolute atomic E-state index is 16.5. The van der Waals surface area contributed by atoms with E-state index in [-0.39, 0.29) is 41.2 Å². The maximum atomic E-state index is 16.5. The Morgan fingerprint density at radius 2 is 1.40 bits per heavy atom. The summed E-state index contributed by atoms with van der Waals surface area (Å²) in [5, 5.41) is 36.5. The number of ether oxygens (including phenoxy) is 4. The molecule has 2 saturated heterocycles. The number of carbonyl (C=O) groups excluding carboxylic acids is 6. The summed E-state index contributed by atoms with van der Waals surface area (Å²) in [6.07, 6.45) is -3.86. The van der Waals surface area contributed by atoms with Crippen molar-refractivity contribution < 1.29 is 62.9 Å². The van der Waals surface area contributed by atoms with Crippen molar-refractivity contribution in [2.75, 3.05) is 25.7 Å². The Hall–Kier alpha value is -9.18. The first-order valence-electron chi connectivity index (χ1n) is 23.7. The smallest absolute Gasteiger partial charge is 0.421 e. The largest absolute Gasteiger partial charge is 0.508 e. The number of phenolic OH excluding ortho intramolecular Hbond substituents is 1. The number of aliphatic hydroxyl groups excluding tert-OH is 1. The maximum Gasteiger partial charge on any atom is 0.421 e. The van der Waals surface area contributed by atoms with E-state index < -0.39 is 94.9 Å². The molecule has 75 heavy (non-hydrogen) atoms. The van der Waals surface area contributed by atoms with Crippen LogP contribution < -0.4 is 10.2 Å². The molecule has 7 unspecified atom stereocenters. The van der Waals surface area contributed by atoms with Crippen LogP contribution in [0.15, 0.2) is 158 Å². The molecule has 9 rings (SSSR count). The van der Waals surface area contributed by atoms with Gasteiger partial charge >= 0.3 is 24.0 Å². The SMILES string of the molecule is COC(=O)C(CC#Cc1ccc2c(c1)C1(C(=O)N2C(=O)OCc2ccc([N+](=O)[O-])cc2)C(C(=O)NCC(O)c2ccccc2)C2C(=O)OC(c3ccccc3)C(c3ccccc3)N2C1c1ccc(O)cc1)C(=O)OC. The zero-order valence-corrected chi connectivity index (χ0v) is 40.3. The molecule has 3 N–H and O–H groups in total. The number of benzene rings is 6. The molecule has 1 spiro atoms. The van der Waals surface area contributed by atoms with Crippen molar-refractivity contribution >= 4 is 47.2 Å². The van der Waals surface area contributed by atoms with Gasteiger partial charge in [-0.2, -0.15) is 0 Å². The summed E-state index contributed by atoms with van der Waals surface area (Å²) in [6.45, 7) is -0.836. The van der Waals surface area contributed by atoms with Gasteiger partial charge in [0.25, 0.3) is 5.69 Å². The van der Waals surface area contributed by atoms with Crippen molar-refractivity contribution in [1.82, 2.24) is 10.2 Å². The zero-order chi connectivity index (χ0) is 53.0. The fraction of sp³-hybridized carbons (Fsp3) is 0.228. The predicted octanol–water partition coefficient (Wildman–Crippen LogP) is 6.86. The van der Waals surface area contributed by atoms with Gasteiger partial charge in [-0.3, -0.25) is 39.0 Å². The number of aromatic hydroxyl groups is 1. The molecule has 3 heterocycles. The second kappa shape index (κ2) is 21.5. The van der Waals surface area contributed by atoms with Crippen molar-refractivity contribution in [3.05, 3.63) is 207 Å². The summed E-state index contributed by atoms with van der Waals surface area (Å²) >= 11 is 0. The van der Waals surface area contributed by atoms with Crippen LogP contribution in [0, 0.1) is 33.8 Å². The lowest BCUT2D eigenvalue weighted by atomic mass is 9.65. The summed E-state index contributed by atoms with van der Waals surface area (Å²) in [5.74, 6) is -2.10. The van der Waals surface area contributed by atoms with Crippen LogP contribution in [0.1, 0.15) is 69.7 Å². The number of imide groups is 1. The number of nitrogens with one attached hydrogen (secondary N) is 1. The van der Waals surface area contributed by atoms with Crippen LogP contribution in [-0.2, 0) is 54.9 Å². The van der Waals surface area contributed by atoms with E-state index in [0.717, 1.165) is 19.1 Å². The molecule has 6 aromatic rings. The molecule has 380 valence electrons. The molecule has 2 fully saturated rings. The Morgan fingerprint density at radius 3 is 2.01 bits per heavy atom. The van der Waals surface area contributed by atoms with Crippen LogP contribution in [0.4, 0.5) is 16.2 Å². The molecule has 3 amide bonds. The minimum Gasteiger partial charge on any atom is -0.508 e. The van der Waals surface area contributed by atoms with Crippen LogP contribution in [0.25, 0.3) is 0 Å². The molecule has 18 heteroatoms. The number of methoxy groups -OCH3 is 2. The zero-order valence-electron chi connectivity index (χ0n) is 40.3. The molecule has 0 saturated carbocycles. The lowest BCUT2D eigenvalue weighted by molar-refractivity contribution is -0.384. The number of amides is 3. The monoisotopic (exact) mass is 1010 g/mol. The highest BCUT2D eigenvalue weighted by Gasteiger charge is 2.75. The summed E-state index contributed by atoms with van der Waals surface area (Å²) in [6, 6.07) is 38.2. The van der Waals surface area contributed by atoms with Gasteiger partial charge in [0, 0.05) is 30.7 Å². The van der Waals surface area contributed by atoms with Gasteiger partial charge in [0.05, 0.1) is 48.9 Å². The number of rotatable bonds is 13. The third-order valence-corrected chi connectivity index (χ3v) is 13.8. The average Bonchev–Trinajstić information content (AvgIpc) is 4.04. The first-order valence-corrected chi connectivity index (χ1v) is 23.7. The Bertz CT molecular complexity index is 3200. The second-order valence-corrected chi connectivity index (χ2v) is 18.0. The molecular weight excluding hydrogens is 965 g/mol. The average molecular weight is 1010 g/mol. The Balaban J connectivity index is 1.29. The summed E-state index contributed by atoms with van der Waals surface area (Å²) < 4.78 is 22.0. The number of nitro groups is 1. The van der Waals surface area contributed by atoms with Gasteiger partial charge in [0.2, 0.25) is 11.8 Å². The third kappa shape index (κ3) is 9.53. The van der Waals surface area contributed by atoms with Gasteiger partial charge in [0.15, 0.2) is 5.92 Å². The number of hydrogen-bond donors (Lipinski definition) is 3. The van der Waals surface area contributed by atoms with E-state index in [2.05, 4.69) is 17.2 Å². The molecule has 0 aliphatic carbocycles. The molecule has 7 atom stereocenters. The lowest BCUT2D eigenvalue weighted by Crippen LogP contribution is -2.56. The number of cyclic esters (lactones) is 1. The summed E-state index contributed by atoms with van der Waals surface area (Å²) in [5.41, 5.74) is -0.00615. The van der Waals surface area contributed by atoms with Gasteiger partial charge in [-0.1, -0.05) is 115 Å². The van der Waals surface area contributed by atoms with Gasteiger partial charge in [-0.05, 0) is 75.8 Å². The van der Waals surface area contributed by atoms with E-state index in [4.69, 9.17) is 18.9 Å². The van der Waals surface area contributed by atoms with Gasteiger partial charge in [-0.15, -0.1) is 0 Å². The van der Waals surface area contributed by atoms with Crippen molar-refractivity contribution in [3.63, 3.8) is 0 Å². The van der Waals surface area contributed by atoms with E-state index in [0.29, 0.717) is 27.8 Å². The minimum absolute atomic E-state index is 0.0381. The molecular formula is C57H48N4O14. The highest BCUT2D eigenvalue weighted by molar-refractivity contribution is 6.23. The highest BCUT2D eigenvalue weighted by atomic mass is 16.6. The predicted molar refractivity (Wildman–Crippen MR) is 267 cm³/mol. The first kappa shape index (κ1) is 50.7. The van der Waals surface area contributed by atoms with E-state index in [1.165, 1.54) is 54.6 Å². The topological polar surface area (TPSA) is 241 Å². The van der Waals surface area contributed by atoms with Crippen LogP contribution in [0.2, 0.25) is 0 Å². The molecule has 0 bridgehead atoms. The number of non-ortho nitro benzene ring substituents is 1. The fourth-order valence-corrected chi connectivity index (χ4v) is 10.4. The Labute approximate surface area is 429 Å². The number of nitrogens with zero attached hydrogens (tertiary/aromatic N) is 3. The van der Waals surface area contributed by atoms with Crippen LogP contribution in [-0.4, -0.2) is 82.7 Å². The van der Waals surface area contributed by atoms with Gasteiger partial charge in [-0.25, -0.2) is 9.69 Å².